The van der Waals surface area contributed by atoms with Crippen LogP contribution in [0.1, 0.15) is 75.1 Å². The summed E-state index contributed by atoms with van der Waals surface area (Å²) in [4.78, 5) is 27.9. The number of amides is 2. The number of benzene rings is 2. The van der Waals surface area contributed by atoms with Gasteiger partial charge in [0.1, 0.15) is 6.04 Å². The zero-order chi connectivity index (χ0) is 22.8. The molecule has 2 rings (SSSR count). The Bertz CT molecular complexity index is 843. The number of hydrogen-bond donors (Lipinski definition) is 1. The molecule has 0 radical (unpaired) electrons. The van der Waals surface area contributed by atoms with Crippen LogP contribution in [-0.2, 0) is 22.6 Å². The average molecular weight is 423 g/mol. The van der Waals surface area contributed by atoms with Crippen molar-refractivity contribution in [1.29, 1.82) is 0 Å². The number of rotatable bonds is 11. The molecule has 0 saturated heterocycles. The van der Waals surface area contributed by atoms with Crippen LogP contribution in [0.3, 0.4) is 0 Å². The standard InChI is InChI=1S/C27H38N2O2/c1-6-17-28-27(31)25(7-2)29(19-23-10-8-9-21(5)18-23)26(30)16-13-22-11-14-24(15-12-22)20(3)4/h8-12,14-15,18,20,25H,6-7,13,16-17,19H2,1-5H3,(H,28,31)/t25-/m1/s1. The molecule has 1 atom stereocenters. The summed E-state index contributed by atoms with van der Waals surface area (Å²) < 4.78 is 0. The van der Waals surface area contributed by atoms with E-state index in [1.54, 1.807) is 4.90 Å². The molecule has 2 aromatic rings. The maximum Gasteiger partial charge on any atom is 0.242 e. The van der Waals surface area contributed by atoms with Gasteiger partial charge in [0.05, 0.1) is 0 Å². The quantitative estimate of drug-likeness (QED) is 0.528. The van der Waals surface area contributed by atoms with Gasteiger partial charge in [0, 0.05) is 19.5 Å². The van der Waals surface area contributed by atoms with Gasteiger partial charge in [0.2, 0.25) is 11.8 Å². The van der Waals surface area contributed by atoms with Gasteiger partial charge < -0.3 is 10.2 Å². The number of carbonyl (C=O) groups excluding carboxylic acids is 2. The molecule has 168 valence electrons. The first-order valence-electron chi connectivity index (χ1n) is 11.6. The van der Waals surface area contributed by atoms with Crippen LogP contribution in [0.15, 0.2) is 48.5 Å². The van der Waals surface area contributed by atoms with Gasteiger partial charge in [-0.3, -0.25) is 9.59 Å². The van der Waals surface area contributed by atoms with Gasteiger partial charge in [-0.05, 0) is 48.8 Å². The summed E-state index contributed by atoms with van der Waals surface area (Å²) in [5.74, 6) is 0.451. The Morgan fingerprint density at radius 2 is 1.71 bits per heavy atom. The minimum absolute atomic E-state index is 0.0212. The molecule has 1 N–H and O–H groups in total. The molecule has 31 heavy (non-hydrogen) atoms. The van der Waals surface area contributed by atoms with Crippen molar-refractivity contribution in [3.05, 3.63) is 70.8 Å². The molecule has 4 nitrogen and oxygen atoms in total. The lowest BCUT2D eigenvalue weighted by Gasteiger charge is -2.31. The molecule has 0 bridgehead atoms. The normalized spacial score (nSPS) is 11.9. The molecule has 0 spiro atoms. The number of hydrogen-bond acceptors (Lipinski definition) is 2. The van der Waals surface area contributed by atoms with E-state index in [0.29, 0.717) is 38.3 Å². The average Bonchev–Trinajstić information content (AvgIpc) is 2.76. The Morgan fingerprint density at radius 3 is 2.29 bits per heavy atom. The highest BCUT2D eigenvalue weighted by molar-refractivity contribution is 5.87. The number of aryl methyl sites for hydroxylation is 2. The first kappa shape index (κ1) is 24.6. The highest BCUT2D eigenvalue weighted by atomic mass is 16.2. The Labute approximate surface area is 188 Å². The molecule has 0 aliphatic heterocycles. The van der Waals surface area contributed by atoms with Crippen molar-refractivity contribution < 1.29 is 9.59 Å². The van der Waals surface area contributed by atoms with E-state index in [-0.39, 0.29) is 11.8 Å². The molecule has 0 saturated carbocycles. The van der Waals surface area contributed by atoms with Crippen molar-refractivity contribution in [2.45, 2.75) is 78.8 Å². The summed E-state index contributed by atoms with van der Waals surface area (Å²) in [6.45, 7) is 11.5. The topological polar surface area (TPSA) is 49.4 Å². The summed E-state index contributed by atoms with van der Waals surface area (Å²) in [5.41, 5.74) is 4.65. The van der Waals surface area contributed by atoms with Crippen molar-refractivity contribution in [3.63, 3.8) is 0 Å². The van der Waals surface area contributed by atoms with Gasteiger partial charge in [-0.25, -0.2) is 0 Å². The molecular formula is C27H38N2O2. The van der Waals surface area contributed by atoms with E-state index in [1.807, 2.05) is 39.0 Å². The van der Waals surface area contributed by atoms with Crippen molar-refractivity contribution >= 4 is 11.8 Å². The van der Waals surface area contributed by atoms with E-state index < -0.39 is 6.04 Å². The van der Waals surface area contributed by atoms with Crippen LogP contribution < -0.4 is 5.32 Å². The van der Waals surface area contributed by atoms with Crippen molar-refractivity contribution in [2.75, 3.05) is 6.54 Å². The summed E-state index contributed by atoms with van der Waals surface area (Å²) in [6, 6.07) is 16.2. The molecular weight excluding hydrogens is 384 g/mol. The van der Waals surface area contributed by atoms with Crippen LogP contribution in [0.2, 0.25) is 0 Å². The van der Waals surface area contributed by atoms with Gasteiger partial charge in [0.25, 0.3) is 0 Å². The van der Waals surface area contributed by atoms with E-state index >= 15 is 0 Å². The molecule has 2 aromatic carbocycles. The smallest absolute Gasteiger partial charge is 0.242 e. The molecule has 0 aliphatic carbocycles. The Morgan fingerprint density at radius 1 is 1.00 bits per heavy atom. The lowest BCUT2D eigenvalue weighted by atomic mass is 10.00. The van der Waals surface area contributed by atoms with Crippen LogP contribution in [0.5, 0.6) is 0 Å². The number of carbonyl (C=O) groups is 2. The highest BCUT2D eigenvalue weighted by Gasteiger charge is 2.28. The first-order valence-corrected chi connectivity index (χ1v) is 11.6. The summed E-state index contributed by atoms with van der Waals surface area (Å²) in [5, 5.41) is 2.97. The second-order valence-electron chi connectivity index (χ2n) is 8.62. The fourth-order valence-corrected chi connectivity index (χ4v) is 3.76. The third-order valence-corrected chi connectivity index (χ3v) is 5.64. The maximum absolute atomic E-state index is 13.3. The molecule has 0 aromatic heterocycles. The fourth-order valence-electron chi connectivity index (χ4n) is 3.76. The second kappa shape index (κ2) is 12.3. The van der Waals surface area contributed by atoms with E-state index in [4.69, 9.17) is 0 Å². The lowest BCUT2D eigenvalue weighted by molar-refractivity contribution is -0.141. The largest absolute Gasteiger partial charge is 0.354 e. The van der Waals surface area contributed by atoms with Crippen LogP contribution >= 0.6 is 0 Å². The monoisotopic (exact) mass is 422 g/mol. The minimum Gasteiger partial charge on any atom is -0.354 e. The van der Waals surface area contributed by atoms with Crippen LogP contribution in [0.25, 0.3) is 0 Å². The molecule has 0 fully saturated rings. The van der Waals surface area contributed by atoms with Crippen molar-refractivity contribution in [3.8, 4) is 0 Å². The van der Waals surface area contributed by atoms with Crippen molar-refractivity contribution in [1.82, 2.24) is 10.2 Å². The van der Waals surface area contributed by atoms with E-state index in [9.17, 15) is 9.59 Å². The maximum atomic E-state index is 13.3. The predicted molar refractivity (Wildman–Crippen MR) is 128 cm³/mol. The van der Waals surface area contributed by atoms with Gasteiger partial charge in [-0.15, -0.1) is 0 Å². The van der Waals surface area contributed by atoms with E-state index in [2.05, 4.69) is 49.5 Å². The molecule has 4 heteroatoms. The molecule has 0 aliphatic rings. The zero-order valence-corrected chi connectivity index (χ0v) is 19.8. The van der Waals surface area contributed by atoms with Crippen LogP contribution in [-0.4, -0.2) is 29.3 Å². The zero-order valence-electron chi connectivity index (χ0n) is 19.8. The van der Waals surface area contributed by atoms with Gasteiger partial charge >= 0.3 is 0 Å². The lowest BCUT2D eigenvalue weighted by Crippen LogP contribution is -2.49. The second-order valence-corrected chi connectivity index (χ2v) is 8.62. The van der Waals surface area contributed by atoms with E-state index in [0.717, 1.165) is 23.1 Å². The Balaban J connectivity index is 2.16. The SMILES string of the molecule is CCCNC(=O)[C@@H](CC)N(Cc1cccc(C)c1)C(=O)CCc1ccc(C(C)C)cc1. The fraction of sp³-hybridized carbons (Fsp3) is 0.481. The third kappa shape index (κ3) is 7.54. The first-order chi connectivity index (χ1) is 14.8. The molecule has 0 unspecified atom stereocenters. The number of nitrogens with zero attached hydrogens (tertiary/aromatic N) is 1. The predicted octanol–water partition coefficient (Wildman–Crippen LogP) is 5.38. The van der Waals surface area contributed by atoms with Gasteiger partial charge in [0.15, 0.2) is 0 Å². The molecule has 0 heterocycles. The third-order valence-electron chi connectivity index (χ3n) is 5.64. The molecule has 2 amide bonds. The van der Waals surface area contributed by atoms with Crippen LogP contribution in [0, 0.1) is 6.92 Å². The number of nitrogens with one attached hydrogen (secondary N) is 1. The van der Waals surface area contributed by atoms with Crippen molar-refractivity contribution in [2.24, 2.45) is 0 Å². The summed E-state index contributed by atoms with van der Waals surface area (Å²) in [7, 11) is 0. The Hall–Kier alpha value is -2.62. The summed E-state index contributed by atoms with van der Waals surface area (Å²) in [6.07, 6.45) is 2.54. The van der Waals surface area contributed by atoms with Gasteiger partial charge in [-0.2, -0.15) is 0 Å². The van der Waals surface area contributed by atoms with Crippen LogP contribution in [0.4, 0.5) is 0 Å². The minimum atomic E-state index is -0.456. The Kier molecular flexibility index (Phi) is 9.77. The van der Waals surface area contributed by atoms with E-state index in [1.165, 1.54) is 5.56 Å². The van der Waals surface area contributed by atoms with Gasteiger partial charge in [-0.1, -0.05) is 81.8 Å². The summed E-state index contributed by atoms with van der Waals surface area (Å²) >= 11 is 0. The highest BCUT2D eigenvalue weighted by Crippen LogP contribution is 2.18.